The van der Waals surface area contributed by atoms with Crippen molar-refractivity contribution in [1.82, 2.24) is 0 Å². The second-order valence-electron chi connectivity index (χ2n) is 5.54. The van der Waals surface area contributed by atoms with Gasteiger partial charge in [0.1, 0.15) is 0 Å². The molecule has 0 radical (unpaired) electrons. The first-order valence-electron chi connectivity index (χ1n) is 8.06. The van der Waals surface area contributed by atoms with Crippen LogP contribution in [0.15, 0.2) is 72.8 Å². The van der Waals surface area contributed by atoms with Crippen molar-refractivity contribution < 1.29 is 57.8 Å². The summed E-state index contributed by atoms with van der Waals surface area (Å²) < 4.78 is 67.9. The van der Waals surface area contributed by atoms with Gasteiger partial charge < -0.3 is 0 Å². The molecule has 0 aliphatic rings. The number of hydrogen-bond donors (Lipinski definition) is 0. The summed E-state index contributed by atoms with van der Waals surface area (Å²) in [5.41, 5.74) is 4.16. The van der Waals surface area contributed by atoms with E-state index < -0.39 is 20.5 Å². The van der Waals surface area contributed by atoms with E-state index in [4.69, 9.17) is 42.7 Å². The highest BCUT2D eigenvalue weighted by Gasteiger charge is 2.31. The lowest BCUT2D eigenvalue weighted by molar-refractivity contribution is -2.00. The molecule has 0 amide bonds. The summed E-state index contributed by atoms with van der Waals surface area (Å²) in [5, 5.41) is 18.4. The maximum absolute atomic E-state index is 9.31. The molecule has 0 N–H and O–H groups in total. The molecular formula is C18H12Cl2N4O8. The van der Waals surface area contributed by atoms with Crippen LogP contribution < -0.4 is 37.3 Å². The van der Waals surface area contributed by atoms with Crippen LogP contribution in [0.2, 0.25) is 0 Å². The van der Waals surface area contributed by atoms with Gasteiger partial charge in [-0.15, -0.1) is 20.5 Å². The van der Waals surface area contributed by atoms with Crippen molar-refractivity contribution in [2.45, 2.75) is 0 Å². The minimum atomic E-state index is -4.94. The Balaban J connectivity index is 0.000000431. The van der Waals surface area contributed by atoms with E-state index in [0.717, 1.165) is 16.7 Å². The lowest BCUT2D eigenvalue weighted by Gasteiger charge is -2.17. The summed E-state index contributed by atoms with van der Waals surface area (Å²) in [5.74, 6) is 0. The predicted octanol–water partition coefficient (Wildman–Crippen LogP) is -3.52. The third kappa shape index (κ3) is 10.2. The first kappa shape index (κ1) is 26.8. The molecule has 0 aliphatic heterocycles. The van der Waals surface area contributed by atoms with Crippen LogP contribution in [0.3, 0.4) is 0 Å². The van der Waals surface area contributed by atoms with E-state index in [1.54, 1.807) is 12.1 Å². The third-order valence-corrected chi connectivity index (χ3v) is 3.52. The van der Waals surface area contributed by atoms with Gasteiger partial charge in [0, 0.05) is 6.07 Å². The van der Waals surface area contributed by atoms with Gasteiger partial charge in [0.2, 0.25) is 10.8 Å². The van der Waals surface area contributed by atoms with E-state index in [1.165, 1.54) is 0 Å². The van der Waals surface area contributed by atoms with Gasteiger partial charge in [-0.25, -0.2) is 37.3 Å². The average Bonchev–Trinajstić information content (AvgIpc) is 2.71. The average molecular weight is 483 g/mol. The summed E-state index contributed by atoms with van der Waals surface area (Å²) >= 11 is 0. The number of rotatable bonds is 2. The van der Waals surface area contributed by atoms with Crippen LogP contribution in [0, 0.1) is 31.3 Å². The monoisotopic (exact) mass is 482 g/mol. The fraction of sp³-hybridized carbons (Fsp3) is 0. The second-order valence-corrected chi connectivity index (χ2v) is 7.05. The van der Waals surface area contributed by atoms with Gasteiger partial charge in [-0.3, -0.25) is 0 Å². The van der Waals surface area contributed by atoms with Crippen molar-refractivity contribution in [3.05, 3.63) is 82.7 Å². The molecule has 0 aliphatic carbocycles. The maximum atomic E-state index is 9.31. The minimum Gasteiger partial charge on any atom is -0.222 e. The fourth-order valence-corrected chi connectivity index (χ4v) is 2.52. The lowest BCUT2D eigenvalue weighted by atomic mass is 9.93. The molecule has 0 heterocycles. The van der Waals surface area contributed by atoms with Gasteiger partial charge in [-0.1, -0.05) is 60.7 Å². The summed E-state index contributed by atoms with van der Waals surface area (Å²) in [6.45, 7) is 0. The van der Waals surface area contributed by atoms with Crippen LogP contribution in [-0.2, 0) is 0 Å². The highest BCUT2D eigenvalue weighted by Crippen LogP contribution is 2.42. The Morgan fingerprint density at radius 2 is 0.938 bits per heavy atom. The van der Waals surface area contributed by atoms with Crippen molar-refractivity contribution in [1.29, 1.82) is 10.8 Å². The predicted molar refractivity (Wildman–Crippen MR) is 86.8 cm³/mol. The molecule has 3 rings (SSSR count). The molecule has 32 heavy (non-hydrogen) atoms. The Kier molecular flexibility index (Phi) is 10.0. The van der Waals surface area contributed by atoms with E-state index in [2.05, 4.69) is 9.95 Å². The molecule has 14 heteroatoms. The zero-order valence-corrected chi connectivity index (χ0v) is 17.3. The number of hydrogen-bond acceptors (Lipinski definition) is 10. The first-order chi connectivity index (χ1) is 14.8. The van der Waals surface area contributed by atoms with Crippen molar-refractivity contribution in [3.8, 4) is 22.3 Å². The zero-order valence-electron chi connectivity index (χ0n) is 15.7. The molecule has 3 aromatic carbocycles. The summed E-state index contributed by atoms with van der Waals surface area (Å²) in [6, 6.07) is 23.0. The Morgan fingerprint density at radius 1 is 0.500 bits per heavy atom. The molecule has 3 aromatic rings. The quantitative estimate of drug-likeness (QED) is 0.325. The molecule has 0 unspecified atom stereocenters. The highest BCUT2D eigenvalue weighted by atomic mass is 35.7. The van der Waals surface area contributed by atoms with Gasteiger partial charge in [0.05, 0.1) is 5.56 Å². The minimum absolute atomic E-state index is 0.225. The molecule has 0 saturated carbocycles. The van der Waals surface area contributed by atoms with Crippen molar-refractivity contribution >= 4 is 11.4 Å². The number of halogens is 2. The Morgan fingerprint density at radius 3 is 1.41 bits per heavy atom. The summed E-state index contributed by atoms with van der Waals surface area (Å²) in [4.78, 5) is 6.47. The van der Waals surface area contributed by atoms with E-state index in [0.29, 0.717) is 5.56 Å². The third-order valence-electron chi connectivity index (χ3n) is 3.52. The van der Waals surface area contributed by atoms with Crippen LogP contribution >= 0.6 is 0 Å². The molecular weight excluding hydrogens is 471 g/mol. The van der Waals surface area contributed by atoms with E-state index in [9.17, 15) is 5.39 Å². The van der Waals surface area contributed by atoms with Gasteiger partial charge >= 0.3 is 11.4 Å². The Bertz CT molecular complexity index is 1080. The Hall–Kier alpha value is -3.24. The molecule has 0 spiro atoms. The fourth-order valence-electron chi connectivity index (χ4n) is 2.52. The number of benzene rings is 3. The molecule has 166 valence electrons. The standard InChI is InChI=1S/C18H12N4.2ClHO4/c19-21-17-12-6-11-16(18(17)22-20)15-10-5-4-9-14(15)13-7-2-1-3-8-13;2*2-1(3,4)5/h1-12H;2*(H,2,3,4,5)/q+2;;/p-2. The molecule has 0 bridgehead atoms. The van der Waals surface area contributed by atoms with Gasteiger partial charge in [-0.2, -0.15) is 0 Å². The second kappa shape index (κ2) is 12.0. The summed E-state index contributed by atoms with van der Waals surface area (Å²) in [7, 11) is -9.89. The molecule has 0 aromatic heterocycles. The van der Waals surface area contributed by atoms with Gasteiger partial charge in [-0.05, 0) is 22.8 Å². The van der Waals surface area contributed by atoms with Crippen LogP contribution in [-0.4, -0.2) is 0 Å². The van der Waals surface area contributed by atoms with Crippen LogP contribution in [0.5, 0.6) is 0 Å². The molecule has 0 fully saturated rings. The number of diazo groups is 2. The normalized spacial score (nSPS) is 10.4. The van der Waals surface area contributed by atoms with E-state index in [-0.39, 0.29) is 11.4 Å². The van der Waals surface area contributed by atoms with Crippen LogP contribution in [0.4, 0.5) is 11.4 Å². The van der Waals surface area contributed by atoms with Crippen molar-refractivity contribution in [2.75, 3.05) is 0 Å². The summed E-state index contributed by atoms with van der Waals surface area (Å²) in [6.07, 6.45) is 0. The topological polar surface area (TPSA) is 241 Å². The van der Waals surface area contributed by atoms with Crippen LogP contribution in [0.25, 0.3) is 32.2 Å². The van der Waals surface area contributed by atoms with Gasteiger partial charge in [0.25, 0.3) is 0 Å². The smallest absolute Gasteiger partial charge is 0.222 e. The SMILES string of the molecule is N#[N+]c1cccc(-c2ccccc2-c2ccccc2)c1[N+]#N.[O-][Cl+3]([O-])([O-])[O-].[O-][Cl+3]([O-])([O-])[O-]. The zero-order chi connectivity index (χ0) is 24.4. The molecule has 0 atom stereocenters. The molecule has 12 nitrogen and oxygen atoms in total. The van der Waals surface area contributed by atoms with Crippen molar-refractivity contribution in [3.63, 3.8) is 0 Å². The first-order valence-corrected chi connectivity index (χ1v) is 10.5. The van der Waals surface area contributed by atoms with E-state index in [1.807, 2.05) is 60.7 Å². The van der Waals surface area contributed by atoms with Crippen LogP contribution in [0.1, 0.15) is 0 Å². The molecule has 0 saturated heterocycles. The lowest BCUT2D eigenvalue weighted by Crippen LogP contribution is -2.68. The maximum Gasteiger partial charge on any atom is 0.486 e. The van der Waals surface area contributed by atoms with Crippen molar-refractivity contribution in [2.24, 2.45) is 0 Å². The number of nitrogens with zero attached hydrogens (tertiary/aromatic N) is 4. The largest absolute Gasteiger partial charge is 0.486 e. The highest BCUT2D eigenvalue weighted by molar-refractivity contribution is 5.94. The van der Waals surface area contributed by atoms with Gasteiger partial charge in [0.15, 0.2) is 9.95 Å². The Labute approximate surface area is 185 Å². The van der Waals surface area contributed by atoms with E-state index >= 15 is 0 Å².